The summed E-state index contributed by atoms with van der Waals surface area (Å²) >= 11 is 1.97. The van der Waals surface area contributed by atoms with Crippen LogP contribution in [0.4, 0.5) is 0 Å². The lowest BCUT2D eigenvalue weighted by Crippen LogP contribution is -2.51. The fourth-order valence-electron chi connectivity index (χ4n) is 4.23. The lowest BCUT2D eigenvalue weighted by Gasteiger charge is -2.47. The van der Waals surface area contributed by atoms with E-state index in [9.17, 15) is 0 Å². The molecule has 0 bridgehead atoms. The van der Waals surface area contributed by atoms with Crippen LogP contribution in [0.15, 0.2) is 16.2 Å². The van der Waals surface area contributed by atoms with E-state index < -0.39 is 0 Å². The maximum Gasteiger partial charge on any atom is 0.0969 e. The van der Waals surface area contributed by atoms with Crippen molar-refractivity contribution < 1.29 is 9.84 Å². The number of likely N-dealkylation sites (tertiary alicyclic amines) is 1. The fourth-order valence-corrected chi connectivity index (χ4v) is 5.41. The van der Waals surface area contributed by atoms with Gasteiger partial charge in [-0.3, -0.25) is 9.89 Å². The molecular weight excluding hydrogens is 372 g/mol. The Labute approximate surface area is 172 Å². The molecule has 1 fully saturated rings. The Morgan fingerprint density at radius 1 is 1.57 bits per heavy atom. The minimum atomic E-state index is -0.127. The minimum absolute atomic E-state index is 0.127. The summed E-state index contributed by atoms with van der Waals surface area (Å²) in [5.74, 6) is 5.75. The Bertz CT molecular complexity index is 717. The summed E-state index contributed by atoms with van der Waals surface area (Å²) in [6.45, 7) is 9.67. The number of piperidine rings is 1. The van der Waals surface area contributed by atoms with Gasteiger partial charge in [-0.2, -0.15) is 5.10 Å². The number of nitrogens with two attached hydrogens (primary N) is 1. The Morgan fingerprint density at radius 3 is 3.07 bits per heavy atom. The number of ether oxygens (including phenoxy) is 1. The van der Waals surface area contributed by atoms with Crippen LogP contribution >= 0.6 is 11.3 Å². The Balaban J connectivity index is 1.65. The monoisotopic (exact) mass is 406 g/mol. The van der Waals surface area contributed by atoms with Gasteiger partial charge in [-0.1, -0.05) is 13.8 Å². The van der Waals surface area contributed by atoms with Gasteiger partial charge in [-0.25, -0.2) is 0 Å². The smallest absolute Gasteiger partial charge is 0.0969 e. The van der Waals surface area contributed by atoms with Crippen molar-refractivity contribution in [1.29, 1.82) is 0 Å². The van der Waals surface area contributed by atoms with E-state index in [1.807, 2.05) is 18.3 Å². The number of hydrogen-bond acceptors (Lipinski definition) is 7. The summed E-state index contributed by atoms with van der Waals surface area (Å²) in [5.41, 5.74) is 2.10. The molecule has 0 aromatic carbocycles. The van der Waals surface area contributed by atoms with E-state index in [0.29, 0.717) is 19.1 Å². The van der Waals surface area contributed by atoms with Gasteiger partial charge >= 0.3 is 0 Å². The molecule has 156 valence electrons. The Hall–Kier alpha value is -1.28. The Kier molecular flexibility index (Phi) is 7.25. The quantitative estimate of drug-likeness (QED) is 0.414. The third-order valence-corrected chi connectivity index (χ3v) is 7.30. The van der Waals surface area contributed by atoms with Crippen molar-refractivity contribution in [2.24, 2.45) is 21.9 Å². The van der Waals surface area contributed by atoms with E-state index in [4.69, 9.17) is 15.7 Å². The van der Waals surface area contributed by atoms with Crippen LogP contribution in [-0.2, 0) is 23.2 Å². The van der Waals surface area contributed by atoms with Gasteiger partial charge in [0.25, 0.3) is 0 Å². The van der Waals surface area contributed by atoms with Crippen LogP contribution in [0.3, 0.4) is 0 Å². The number of rotatable bonds is 7. The highest BCUT2D eigenvalue weighted by molar-refractivity contribution is 7.12. The molecule has 3 rings (SSSR count). The molecule has 1 saturated heterocycles. The second-order valence-electron chi connectivity index (χ2n) is 8.17. The first-order valence-electron chi connectivity index (χ1n) is 10.4. The predicted molar refractivity (Wildman–Crippen MR) is 117 cm³/mol. The maximum atomic E-state index is 9.11. The van der Waals surface area contributed by atoms with E-state index in [1.54, 1.807) is 6.21 Å². The first kappa shape index (κ1) is 21.4. The van der Waals surface area contributed by atoms with Crippen LogP contribution in [0.1, 0.15) is 48.9 Å². The molecule has 3 atom stereocenters. The number of aryl methyl sites for hydroxylation is 1. The summed E-state index contributed by atoms with van der Waals surface area (Å²) in [6.07, 6.45) is 5.90. The highest BCUT2D eigenvalue weighted by Crippen LogP contribution is 2.46. The van der Waals surface area contributed by atoms with Crippen LogP contribution in [0.2, 0.25) is 0 Å². The van der Waals surface area contributed by atoms with Gasteiger partial charge in [-0.05, 0) is 43.7 Å². The van der Waals surface area contributed by atoms with Crippen LogP contribution < -0.4 is 5.84 Å². The van der Waals surface area contributed by atoms with Gasteiger partial charge in [0.1, 0.15) is 0 Å². The van der Waals surface area contributed by atoms with Gasteiger partial charge in [0.05, 0.1) is 17.9 Å². The standard InChI is InChI=1S/C21H34N4O2S/c1-4-18-9-19-20(28-18)5-8-27-21(19)6-7-25(16(3)10-21)13-17(24-22)12-23-11-15(2)14-26/h9,12,15-16,26H,4-8,10-11,13-14,22H2,1-3H3/b23-12?,24-17+/t15?,16-,21+/m0/s1. The highest BCUT2D eigenvalue weighted by Gasteiger charge is 2.44. The molecule has 1 aromatic heterocycles. The molecule has 3 N–H and O–H groups in total. The van der Waals surface area contributed by atoms with Crippen LogP contribution in [0.25, 0.3) is 0 Å². The minimum Gasteiger partial charge on any atom is -0.396 e. The lowest BCUT2D eigenvalue weighted by atomic mass is 9.79. The third-order valence-electron chi connectivity index (χ3n) is 5.96. The molecule has 1 aromatic rings. The molecule has 2 aliphatic heterocycles. The predicted octanol–water partition coefficient (Wildman–Crippen LogP) is 2.58. The molecule has 1 spiro atoms. The molecule has 6 nitrogen and oxygen atoms in total. The van der Waals surface area contributed by atoms with Crippen LogP contribution in [0.5, 0.6) is 0 Å². The largest absolute Gasteiger partial charge is 0.396 e. The zero-order chi connectivity index (χ0) is 20.1. The number of fused-ring (bicyclic) bond motifs is 2. The summed E-state index contributed by atoms with van der Waals surface area (Å²) < 4.78 is 6.42. The van der Waals surface area contributed by atoms with Gasteiger partial charge in [0, 0.05) is 54.7 Å². The summed E-state index contributed by atoms with van der Waals surface area (Å²) in [6, 6.07) is 2.77. The zero-order valence-electron chi connectivity index (χ0n) is 17.4. The zero-order valence-corrected chi connectivity index (χ0v) is 18.2. The van der Waals surface area contributed by atoms with E-state index in [0.717, 1.165) is 44.5 Å². The number of thiophene rings is 1. The van der Waals surface area contributed by atoms with Gasteiger partial charge in [0.2, 0.25) is 0 Å². The first-order chi connectivity index (χ1) is 13.5. The second-order valence-corrected chi connectivity index (χ2v) is 9.39. The summed E-state index contributed by atoms with van der Waals surface area (Å²) in [4.78, 5) is 9.80. The van der Waals surface area contributed by atoms with Crippen molar-refractivity contribution in [3.05, 3.63) is 21.4 Å². The molecule has 3 heterocycles. The van der Waals surface area contributed by atoms with Gasteiger partial charge in [0.15, 0.2) is 0 Å². The van der Waals surface area contributed by atoms with E-state index in [2.05, 4.69) is 34.9 Å². The van der Waals surface area contributed by atoms with E-state index in [1.165, 1.54) is 15.3 Å². The molecule has 0 radical (unpaired) electrons. The number of aliphatic imine (C=N–C) groups is 1. The number of aliphatic hydroxyl groups excluding tert-OH is 1. The summed E-state index contributed by atoms with van der Waals surface area (Å²) in [7, 11) is 0. The van der Waals surface area contributed by atoms with E-state index in [-0.39, 0.29) is 18.1 Å². The van der Waals surface area contributed by atoms with Crippen LogP contribution in [-0.4, -0.2) is 60.8 Å². The lowest BCUT2D eigenvalue weighted by molar-refractivity contribution is -0.108. The van der Waals surface area contributed by atoms with Crippen molar-refractivity contribution in [2.75, 3.05) is 32.8 Å². The molecule has 28 heavy (non-hydrogen) atoms. The molecule has 7 heteroatoms. The molecule has 0 saturated carbocycles. The average Bonchev–Trinajstić information content (AvgIpc) is 3.14. The van der Waals surface area contributed by atoms with Crippen molar-refractivity contribution in [3.63, 3.8) is 0 Å². The fraction of sp³-hybridized carbons (Fsp3) is 0.714. The normalized spacial score (nSPS) is 27.4. The highest BCUT2D eigenvalue weighted by atomic mass is 32.1. The third kappa shape index (κ3) is 4.64. The molecular formula is C21H34N4O2S. The van der Waals surface area contributed by atoms with Gasteiger partial charge < -0.3 is 15.7 Å². The summed E-state index contributed by atoms with van der Waals surface area (Å²) in [5, 5.41) is 13.0. The number of hydrazone groups is 1. The molecule has 2 aliphatic rings. The maximum absolute atomic E-state index is 9.11. The number of hydrogen-bond donors (Lipinski definition) is 2. The number of nitrogens with zero attached hydrogens (tertiary/aromatic N) is 3. The van der Waals surface area contributed by atoms with Crippen molar-refractivity contribution in [3.8, 4) is 0 Å². The van der Waals surface area contributed by atoms with Crippen molar-refractivity contribution in [2.45, 2.75) is 58.1 Å². The molecule has 0 amide bonds. The number of aliphatic hydroxyl groups is 1. The first-order valence-corrected chi connectivity index (χ1v) is 11.2. The van der Waals surface area contributed by atoms with E-state index >= 15 is 0 Å². The Morgan fingerprint density at radius 2 is 2.39 bits per heavy atom. The SMILES string of the molecule is CCc1cc2c(s1)CCO[C@@]21CCN(C/C(C=NCC(C)CO)=N/N)[C@@H](C)C1. The topological polar surface area (TPSA) is 83.4 Å². The molecule has 0 aliphatic carbocycles. The van der Waals surface area contributed by atoms with Gasteiger partial charge in [-0.15, -0.1) is 11.3 Å². The second kappa shape index (κ2) is 9.48. The van der Waals surface area contributed by atoms with Crippen molar-refractivity contribution in [1.82, 2.24) is 4.90 Å². The average molecular weight is 407 g/mol. The molecule has 1 unspecified atom stereocenters. The van der Waals surface area contributed by atoms with Crippen LogP contribution in [0, 0.1) is 5.92 Å². The van der Waals surface area contributed by atoms with Crippen molar-refractivity contribution >= 4 is 23.3 Å².